The van der Waals surface area contributed by atoms with Crippen LogP contribution in [0.1, 0.15) is 6.42 Å². The third kappa shape index (κ3) is 3.69. The Morgan fingerprint density at radius 1 is 1.57 bits per heavy atom. The van der Waals surface area contributed by atoms with Gasteiger partial charge in [-0.15, -0.1) is 0 Å². The zero-order chi connectivity index (χ0) is 10.4. The first-order valence-electron chi connectivity index (χ1n) is 4.14. The van der Waals surface area contributed by atoms with Gasteiger partial charge in [0.25, 0.3) is 0 Å². The van der Waals surface area contributed by atoms with Crippen LogP contribution in [0.4, 0.5) is 5.82 Å². The Kier molecular flexibility index (Phi) is 4.31. The molecule has 0 saturated heterocycles. The number of hydrogen-bond donors (Lipinski definition) is 2. The van der Waals surface area contributed by atoms with E-state index in [2.05, 4.69) is 36.5 Å². The fourth-order valence-electron chi connectivity index (χ4n) is 0.859. The van der Waals surface area contributed by atoms with Crippen molar-refractivity contribution in [2.45, 2.75) is 6.42 Å². The van der Waals surface area contributed by atoms with Crippen LogP contribution in [0.3, 0.4) is 0 Å². The second kappa shape index (κ2) is 5.54. The second-order valence-electron chi connectivity index (χ2n) is 2.58. The lowest BCUT2D eigenvalue weighted by atomic mass is 10.4. The molecule has 1 aromatic rings. The lowest BCUT2D eigenvalue weighted by molar-refractivity contribution is -0.120. The fraction of sp³-hybridized carbons (Fsp3) is 0.375. The maximum absolute atomic E-state index is 10.9. The summed E-state index contributed by atoms with van der Waals surface area (Å²) in [5.41, 5.74) is 0. The van der Waals surface area contributed by atoms with Gasteiger partial charge >= 0.3 is 0 Å². The van der Waals surface area contributed by atoms with Crippen molar-refractivity contribution in [2.75, 3.05) is 18.9 Å². The highest BCUT2D eigenvalue weighted by Crippen LogP contribution is 2.08. The SMILES string of the molecule is CNC(=O)CCNc1cc(Br)ncn1. The van der Waals surface area contributed by atoms with Gasteiger partial charge in [0.15, 0.2) is 0 Å². The number of nitrogens with one attached hydrogen (secondary N) is 2. The highest BCUT2D eigenvalue weighted by molar-refractivity contribution is 9.10. The van der Waals surface area contributed by atoms with Gasteiger partial charge in [-0.2, -0.15) is 0 Å². The molecule has 0 saturated carbocycles. The number of amides is 1. The van der Waals surface area contributed by atoms with E-state index in [9.17, 15) is 4.79 Å². The largest absolute Gasteiger partial charge is 0.369 e. The molecule has 0 unspecified atom stereocenters. The van der Waals surface area contributed by atoms with Gasteiger partial charge in [-0.25, -0.2) is 9.97 Å². The molecule has 6 heteroatoms. The van der Waals surface area contributed by atoms with Gasteiger partial charge in [-0.3, -0.25) is 4.79 Å². The molecule has 0 aliphatic carbocycles. The summed E-state index contributed by atoms with van der Waals surface area (Å²) in [7, 11) is 1.61. The molecule has 0 fully saturated rings. The maximum atomic E-state index is 10.9. The van der Waals surface area contributed by atoms with Crippen LogP contribution < -0.4 is 10.6 Å². The first kappa shape index (κ1) is 10.9. The Labute approximate surface area is 90.5 Å². The smallest absolute Gasteiger partial charge is 0.221 e. The molecule has 0 radical (unpaired) electrons. The van der Waals surface area contributed by atoms with E-state index < -0.39 is 0 Å². The minimum absolute atomic E-state index is 0.00521. The van der Waals surface area contributed by atoms with Gasteiger partial charge < -0.3 is 10.6 Å². The molecule has 0 aliphatic heterocycles. The zero-order valence-electron chi connectivity index (χ0n) is 7.75. The molecule has 0 bridgehead atoms. The van der Waals surface area contributed by atoms with Crippen LogP contribution in [-0.2, 0) is 4.79 Å². The first-order chi connectivity index (χ1) is 6.72. The van der Waals surface area contributed by atoms with Gasteiger partial charge in [0, 0.05) is 26.1 Å². The average molecular weight is 259 g/mol. The van der Waals surface area contributed by atoms with Gasteiger partial charge in [0.2, 0.25) is 5.91 Å². The molecule has 1 aromatic heterocycles. The molecule has 1 heterocycles. The van der Waals surface area contributed by atoms with Gasteiger partial charge in [0.05, 0.1) is 0 Å². The molecule has 0 spiro atoms. The normalized spacial score (nSPS) is 9.57. The average Bonchev–Trinajstić information content (AvgIpc) is 2.17. The maximum Gasteiger partial charge on any atom is 0.221 e. The van der Waals surface area contributed by atoms with Crippen molar-refractivity contribution in [3.05, 3.63) is 17.0 Å². The predicted octanol–water partition coefficient (Wildman–Crippen LogP) is 0.787. The number of carbonyl (C=O) groups is 1. The summed E-state index contributed by atoms with van der Waals surface area (Å²) >= 11 is 3.23. The first-order valence-corrected chi connectivity index (χ1v) is 4.93. The fourth-order valence-corrected chi connectivity index (χ4v) is 1.17. The standard InChI is InChI=1S/C8H11BrN4O/c1-10-8(14)2-3-11-7-4-6(9)12-5-13-7/h4-5H,2-3H2,1H3,(H,10,14)(H,11,12,13). The van der Waals surface area contributed by atoms with E-state index >= 15 is 0 Å². The van der Waals surface area contributed by atoms with Crippen molar-refractivity contribution < 1.29 is 4.79 Å². The van der Waals surface area contributed by atoms with Crippen molar-refractivity contribution >= 4 is 27.7 Å². The van der Waals surface area contributed by atoms with E-state index in [-0.39, 0.29) is 5.91 Å². The molecule has 0 aromatic carbocycles. The number of anilines is 1. The minimum Gasteiger partial charge on any atom is -0.369 e. The van der Waals surface area contributed by atoms with Crippen LogP contribution in [0, 0.1) is 0 Å². The number of aromatic nitrogens is 2. The third-order valence-corrected chi connectivity index (χ3v) is 2.00. The summed E-state index contributed by atoms with van der Waals surface area (Å²) in [6, 6.07) is 1.75. The molecule has 0 atom stereocenters. The lowest BCUT2D eigenvalue weighted by Crippen LogP contribution is -2.21. The van der Waals surface area contributed by atoms with E-state index in [1.807, 2.05) is 0 Å². The molecule has 76 valence electrons. The number of nitrogens with zero attached hydrogens (tertiary/aromatic N) is 2. The van der Waals surface area contributed by atoms with Gasteiger partial charge in [-0.05, 0) is 15.9 Å². The van der Waals surface area contributed by atoms with E-state index in [1.54, 1.807) is 13.1 Å². The van der Waals surface area contributed by atoms with Crippen LogP contribution in [0.15, 0.2) is 17.0 Å². The van der Waals surface area contributed by atoms with Gasteiger partial charge in [-0.1, -0.05) is 0 Å². The number of rotatable bonds is 4. The van der Waals surface area contributed by atoms with Crippen molar-refractivity contribution in [1.29, 1.82) is 0 Å². The summed E-state index contributed by atoms with van der Waals surface area (Å²) in [5, 5.41) is 5.55. The summed E-state index contributed by atoms with van der Waals surface area (Å²) in [6.45, 7) is 0.559. The number of hydrogen-bond acceptors (Lipinski definition) is 4. The van der Waals surface area contributed by atoms with Crippen molar-refractivity contribution in [3.63, 3.8) is 0 Å². The minimum atomic E-state index is 0.00521. The monoisotopic (exact) mass is 258 g/mol. The van der Waals surface area contributed by atoms with Gasteiger partial charge in [0.1, 0.15) is 16.7 Å². The predicted molar refractivity (Wildman–Crippen MR) is 56.9 cm³/mol. The molecule has 1 rings (SSSR count). The molecule has 5 nitrogen and oxygen atoms in total. The molecule has 2 N–H and O–H groups in total. The zero-order valence-corrected chi connectivity index (χ0v) is 9.34. The molecule has 0 aliphatic rings. The van der Waals surface area contributed by atoms with Crippen molar-refractivity contribution in [3.8, 4) is 0 Å². The molecule has 14 heavy (non-hydrogen) atoms. The highest BCUT2D eigenvalue weighted by atomic mass is 79.9. The van der Waals surface area contributed by atoms with Crippen molar-refractivity contribution in [1.82, 2.24) is 15.3 Å². The molecular formula is C8H11BrN4O. The summed E-state index contributed by atoms with van der Waals surface area (Å²) in [6.07, 6.45) is 1.88. The Hall–Kier alpha value is -1.17. The number of halogens is 1. The Morgan fingerprint density at radius 2 is 2.36 bits per heavy atom. The van der Waals surface area contributed by atoms with E-state index in [4.69, 9.17) is 0 Å². The summed E-state index contributed by atoms with van der Waals surface area (Å²) in [5.74, 6) is 0.710. The van der Waals surface area contributed by atoms with E-state index in [1.165, 1.54) is 6.33 Å². The van der Waals surface area contributed by atoms with Crippen LogP contribution in [0.5, 0.6) is 0 Å². The summed E-state index contributed by atoms with van der Waals surface area (Å²) in [4.78, 5) is 18.7. The highest BCUT2D eigenvalue weighted by Gasteiger charge is 1.98. The van der Waals surface area contributed by atoms with Crippen LogP contribution in [0.2, 0.25) is 0 Å². The van der Waals surface area contributed by atoms with Crippen molar-refractivity contribution in [2.24, 2.45) is 0 Å². The van der Waals surface area contributed by atoms with E-state index in [0.717, 1.165) is 4.60 Å². The van der Waals surface area contributed by atoms with Crippen LogP contribution >= 0.6 is 15.9 Å². The van der Waals surface area contributed by atoms with Crippen LogP contribution in [-0.4, -0.2) is 29.5 Å². The lowest BCUT2D eigenvalue weighted by Gasteiger charge is -2.04. The van der Waals surface area contributed by atoms with E-state index in [0.29, 0.717) is 18.8 Å². The van der Waals surface area contributed by atoms with Crippen LogP contribution in [0.25, 0.3) is 0 Å². The topological polar surface area (TPSA) is 66.9 Å². The second-order valence-corrected chi connectivity index (χ2v) is 3.39. The molecule has 1 amide bonds. The number of carbonyl (C=O) groups excluding carboxylic acids is 1. The Bertz CT molecular complexity index is 318. The Morgan fingerprint density at radius 3 is 3.00 bits per heavy atom. The molecular weight excluding hydrogens is 248 g/mol. The quantitative estimate of drug-likeness (QED) is 0.784. The summed E-state index contributed by atoms with van der Waals surface area (Å²) < 4.78 is 0.718. The Balaban J connectivity index is 2.35. The third-order valence-electron chi connectivity index (χ3n) is 1.57.